The molecule has 2 saturated heterocycles. The number of carbonyl (C=O) groups excluding carboxylic acids is 1. The van der Waals surface area contributed by atoms with Crippen molar-refractivity contribution in [1.29, 1.82) is 0 Å². The number of amides is 1. The highest BCUT2D eigenvalue weighted by molar-refractivity contribution is 7.09. The Labute approximate surface area is 148 Å². The maximum atomic E-state index is 12.6. The number of hydrogen-bond donors (Lipinski definition) is 1. The van der Waals surface area contributed by atoms with Gasteiger partial charge in [0.2, 0.25) is 5.91 Å². The van der Waals surface area contributed by atoms with Crippen molar-refractivity contribution in [3.05, 3.63) is 22.4 Å². The Balaban J connectivity index is 1.49. The molecule has 0 unspecified atom stereocenters. The summed E-state index contributed by atoms with van der Waals surface area (Å²) < 4.78 is 11.4. The Morgan fingerprint density at radius 3 is 3.25 bits per heavy atom. The lowest BCUT2D eigenvalue weighted by atomic mass is 9.89. The smallest absolute Gasteiger partial charge is 0.224 e. The quantitative estimate of drug-likeness (QED) is 0.727. The van der Waals surface area contributed by atoms with Crippen LogP contribution < -0.4 is 5.32 Å². The number of hydrogen-bond acceptors (Lipinski definition) is 5. The second kappa shape index (κ2) is 8.94. The van der Waals surface area contributed by atoms with E-state index in [1.165, 1.54) is 4.88 Å². The summed E-state index contributed by atoms with van der Waals surface area (Å²) in [5, 5.41) is 5.19. The van der Waals surface area contributed by atoms with E-state index >= 15 is 0 Å². The van der Waals surface area contributed by atoms with E-state index in [1.807, 2.05) is 6.92 Å². The van der Waals surface area contributed by atoms with Crippen LogP contribution in [0.3, 0.4) is 0 Å². The predicted molar refractivity (Wildman–Crippen MR) is 95.4 cm³/mol. The molecule has 1 aromatic heterocycles. The lowest BCUT2D eigenvalue weighted by Crippen LogP contribution is -2.53. The zero-order chi connectivity index (χ0) is 16.8. The van der Waals surface area contributed by atoms with Gasteiger partial charge >= 0.3 is 0 Å². The van der Waals surface area contributed by atoms with Crippen molar-refractivity contribution in [2.45, 2.75) is 38.3 Å². The number of carbonyl (C=O) groups is 1. The fourth-order valence-electron chi connectivity index (χ4n) is 3.73. The number of rotatable bonds is 8. The first-order chi connectivity index (χ1) is 11.8. The van der Waals surface area contributed by atoms with Gasteiger partial charge < -0.3 is 14.8 Å². The lowest BCUT2D eigenvalue weighted by molar-refractivity contribution is -0.129. The molecule has 1 N–H and O–H groups in total. The highest BCUT2D eigenvalue weighted by Crippen LogP contribution is 2.31. The van der Waals surface area contributed by atoms with Gasteiger partial charge in [-0.3, -0.25) is 9.69 Å². The van der Waals surface area contributed by atoms with Gasteiger partial charge in [-0.15, -0.1) is 11.3 Å². The zero-order valence-electron chi connectivity index (χ0n) is 14.4. The molecule has 0 saturated carbocycles. The SMILES string of the molecule is CCOCCN1C[C@H](C(=O)NCCc2cccs2)C[C@@H]2OCC[C@@H]21. The molecule has 0 bridgehead atoms. The third-order valence-corrected chi connectivity index (χ3v) is 5.90. The van der Waals surface area contributed by atoms with Crippen LogP contribution in [-0.4, -0.2) is 62.4 Å². The molecule has 1 amide bonds. The van der Waals surface area contributed by atoms with E-state index in [2.05, 4.69) is 27.7 Å². The largest absolute Gasteiger partial charge is 0.380 e. The molecular formula is C18H28N2O3S. The predicted octanol–water partition coefficient (Wildman–Crippen LogP) is 1.92. The first-order valence-corrected chi connectivity index (χ1v) is 9.89. The summed E-state index contributed by atoms with van der Waals surface area (Å²) in [6.07, 6.45) is 3.03. The van der Waals surface area contributed by atoms with E-state index in [0.717, 1.165) is 52.2 Å². The Kier molecular flexibility index (Phi) is 6.66. The molecule has 2 aliphatic rings. The Morgan fingerprint density at radius 1 is 1.54 bits per heavy atom. The maximum Gasteiger partial charge on any atom is 0.224 e. The molecule has 6 heteroatoms. The number of likely N-dealkylation sites (tertiary alicyclic amines) is 1. The number of piperidine rings is 1. The average molecular weight is 353 g/mol. The molecule has 0 spiro atoms. The average Bonchev–Trinajstić information content (AvgIpc) is 3.26. The van der Waals surface area contributed by atoms with Gasteiger partial charge in [0.15, 0.2) is 0 Å². The van der Waals surface area contributed by atoms with Crippen molar-refractivity contribution >= 4 is 17.2 Å². The molecule has 3 rings (SSSR count). The van der Waals surface area contributed by atoms with Crippen LogP contribution in [0.2, 0.25) is 0 Å². The summed E-state index contributed by atoms with van der Waals surface area (Å²) in [4.78, 5) is 16.3. The third kappa shape index (κ3) is 4.57. The molecule has 1 aromatic rings. The molecule has 3 atom stereocenters. The molecule has 134 valence electrons. The number of fused-ring (bicyclic) bond motifs is 1. The molecule has 0 radical (unpaired) electrons. The summed E-state index contributed by atoms with van der Waals surface area (Å²) in [5.74, 6) is 0.191. The lowest BCUT2D eigenvalue weighted by Gasteiger charge is -2.40. The maximum absolute atomic E-state index is 12.6. The second-order valence-electron chi connectivity index (χ2n) is 6.51. The number of ether oxygens (including phenoxy) is 2. The molecule has 0 aliphatic carbocycles. The summed E-state index contributed by atoms with van der Waals surface area (Å²) in [6, 6.07) is 4.63. The van der Waals surface area contributed by atoms with E-state index < -0.39 is 0 Å². The van der Waals surface area contributed by atoms with E-state index in [0.29, 0.717) is 12.6 Å². The minimum atomic E-state index is 0.0225. The molecule has 2 aliphatic heterocycles. The van der Waals surface area contributed by atoms with Gasteiger partial charge in [0.25, 0.3) is 0 Å². The Hall–Kier alpha value is -0.950. The summed E-state index contributed by atoms with van der Waals surface area (Å²) in [7, 11) is 0. The van der Waals surface area contributed by atoms with Crippen LogP contribution in [0.4, 0.5) is 0 Å². The van der Waals surface area contributed by atoms with Crippen LogP contribution in [0.25, 0.3) is 0 Å². The van der Waals surface area contributed by atoms with E-state index in [9.17, 15) is 4.79 Å². The van der Waals surface area contributed by atoms with Gasteiger partial charge in [-0.05, 0) is 37.6 Å². The summed E-state index contributed by atoms with van der Waals surface area (Å²) in [6.45, 7) is 6.72. The first-order valence-electron chi connectivity index (χ1n) is 9.01. The minimum absolute atomic E-state index is 0.0225. The zero-order valence-corrected chi connectivity index (χ0v) is 15.2. The topological polar surface area (TPSA) is 50.8 Å². The highest BCUT2D eigenvalue weighted by atomic mass is 32.1. The minimum Gasteiger partial charge on any atom is -0.380 e. The standard InChI is InChI=1S/C18H28N2O3S/c1-2-22-10-8-20-13-14(12-17-16(20)6-9-23-17)18(21)19-7-5-15-4-3-11-24-15/h3-4,11,14,16-17H,2,5-10,12-13H2,1H3,(H,19,21)/t14-,16+,17+/m1/s1. The van der Waals surface area contributed by atoms with Gasteiger partial charge in [-0.2, -0.15) is 0 Å². The first kappa shape index (κ1) is 17.9. The highest BCUT2D eigenvalue weighted by Gasteiger charge is 2.41. The van der Waals surface area contributed by atoms with Gasteiger partial charge in [0.05, 0.1) is 18.6 Å². The number of nitrogens with one attached hydrogen (secondary N) is 1. The van der Waals surface area contributed by atoms with Crippen LogP contribution in [0.15, 0.2) is 17.5 Å². The monoisotopic (exact) mass is 352 g/mol. The molecule has 3 heterocycles. The van der Waals surface area contributed by atoms with Crippen molar-refractivity contribution in [2.75, 3.05) is 39.5 Å². The van der Waals surface area contributed by atoms with E-state index in [1.54, 1.807) is 11.3 Å². The molecule has 5 nitrogen and oxygen atoms in total. The number of nitrogens with zero attached hydrogens (tertiary/aromatic N) is 1. The third-order valence-electron chi connectivity index (χ3n) is 4.96. The summed E-state index contributed by atoms with van der Waals surface area (Å²) in [5.41, 5.74) is 0. The van der Waals surface area contributed by atoms with Crippen LogP contribution in [0.5, 0.6) is 0 Å². The van der Waals surface area contributed by atoms with Crippen molar-refractivity contribution in [3.63, 3.8) is 0 Å². The Morgan fingerprint density at radius 2 is 2.46 bits per heavy atom. The fourth-order valence-corrected chi connectivity index (χ4v) is 4.44. The van der Waals surface area contributed by atoms with Gasteiger partial charge in [0, 0.05) is 43.8 Å². The van der Waals surface area contributed by atoms with Crippen LogP contribution in [0.1, 0.15) is 24.6 Å². The molecular weight excluding hydrogens is 324 g/mol. The number of thiophene rings is 1. The molecule has 24 heavy (non-hydrogen) atoms. The van der Waals surface area contributed by atoms with Crippen LogP contribution in [-0.2, 0) is 20.7 Å². The normalized spacial score (nSPS) is 27.1. The van der Waals surface area contributed by atoms with Crippen molar-refractivity contribution < 1.29 is 14.3 Å². The fraction of sp³-hybridized carbons (Fsp3) is 0.722. The van der Waals surface area contributed by atoms with E-state index in [4.69, 9.17) is 9.47 Å². The van der Waals surface area contributed by atoms with Crippen molar-refractivity contribution in [3.8, 4) is 0 Å². The molecule has 2 fully saturated rings. The summed E-state index contributed by atoms with van der Waals surface area (Å²) >= 11 is 1.74. The van der Waals surface area contributed by atoms with Gasteiger partial charge in [-0.1, -0.05) is 6.07 Å². The Bertz CT molecular complexity index is 508. The second-order valence-corrected chi connectivity index (χ2v) is 7.54. The van der Waals surface area contributed by atoms with E-state index in [-0.39, 0.29) is 17.9 Å². The van der Waals surface area contributed by atoms with Crippen LogP contribution in [0, 0.1) is 5.92 Å². The van der Waals surface area contributed by atoms with Crippen molar-refractivity contribution in [1.82, 2.24) is 10.2 Å². The molecule has 0 aromatic carbocycles. The van der Waals surface area contributed by atoms with Gasteiger partial charge in [-0.25, -0.2) is 0 Å². The van der Waals surface area contributed by atoms with Crippen LogP contribution >= 0.6 is 11.3 Å². The van der Waals surface area contributed by atoms with Crippen molar-refractivity contribution in [2.24, 2.45) is 5.92 Å². The van der Waals surface area contributed by atoms with Gasteiger partial charge in [0.1, 0.15) is 0 Å².